The number of halogens is 1. The van der Waals surface area contributed by atoms with Gasteiger partial charge in [-0.15, -0.1) is 0 Å². The minimum atomic E-state index is -4.02. The molecule has 0 spiro atoms. The van der Waals surface area contributed by atoms with E-state index in [9.17, 15) is 18.0 Å². The number of carbonyl (C=O) groups excluding carboxylic acids is 2. The van der Waals surface area contributed by atoms with Gasteiger partial charge in [-0.3, -0.25) is 13.9 Å². The maximum Gasteiger partial charge on any atom is 0.308 e. The predicted molar refractivity (Wildman–Crippen MR) is 133 cm³/mol. The minimum Gasteiger partial charge on any atom is -0.427 e. The van der Waals surface area contributed by atoms with Crippen LogP contribution in [0.4, 0.5) is 5.69 Å². The maximum absolute atomic E-state index is 13.4. The van der Waals surface area contributed by atoms with Crippen LogP contribution in [0.15, 0.2) is 87.3 Å². The Hall–Kier alpha value is -3.50. The Balaban J connectivity index is 1.77. The monoisotopic (exact) mass is 543 g/mol. The standard InChI is InChI=1S/C24H22BrN3O5S/c1-17-6-12-23(13-7-17)34(31,32)28(21-5-3-4-20(25)14-21)16-24(30)27-26-15-19-8-10-22(11-9-19)33-18(2)29/h3-15H,16H2,1-2H3,(H,27,30)/b26-15-. The summed E-state index contributed by atoms with van der Waals surface area (Å²) in [5, 5.41) is 3.90. The number of esters is 1. The lowest BCUT2D eigenvalue weighted by atomic mass is 10.2. The molecule has 1 N–H and O–H groups in total. The smallest absolute Gasteiger partial charge is 0.308 e. The molecular weight excluding hydrogens is 522 g/mol. The lowest BCUT2D eigenvalue weighted by Crippen LogP contribution is -2.39. The number of benzene rings is 3. The second kappa shape index (κ2) is 11.1. The molecule has 0 saturated carbocycles. The molecular formula is C24H22BrN3O5S. The van der Waals surface area contributed by atoms with E-state index in [1.165, 1.54) is 25.3 Å². The summed E-state index contributed by atoms with van der Waals surface area (Å²) in [6.45, 7) is 2.69. The molecule has 0 fully saturated rings. The molecule has 0 atom stereocenters. The highest BCUT2D eigenvalue weighted by atomic mass is 79.9. The van der Waals surface area contributed by atoms with E-state index in [1.54, 1.807) is 60.7 Å². The summed E-state index contributed by atoms with van der Waals surface area (Å²) in [5.74, 6) is -0.660. The molecule has 0 aliphatic carbocycles. The number of nitrogens with zero attached hydrogens (tertiary/aromatic N) is 2. The molecule has 0 bridgehead atoms. The average Bonchev–Trinajstić information content (AvgIpc) is 2.78. The summed E-state index contributed by atoms with van der Waals surface area (Å²) in [6.07, 6.45) is 1.40. The Morgan fingerprint density at radius 2 is 1.74 bits per heavy atom. The number of hydrogen-bond acceptors (Lipinski definition) is 6. The predicted octanol–water partition coefficient (Wildman–Crippen LogP) is 4.03. The Kier molecular flexibility index (Phi) is 8.19. The van der Waals surface area contributed by atoms with Crippen molar-refractivity contribution in [2.45, 2.75) is 18.7 Å². The third kappa shape index (κ3) is 6.75. The first-order chi connectivity index (χ1) is 16.1. The molecule has 0 heterocycles. The Morgan fingerprint density at radius 3 is 2.35 bits per heavy atom. The normalized spacial score (nSPS) is 11.3. The first-order valence-electron chi connectivity index (χ1n) is 10.1. The van der Waals surface area contributed by atoms with Gasteiger partial charge >= 0.3 is 5.97 Å². The van der Waals surface area contributed by atoms with Crippen LogP contribution >= 0.6 is 15.9 Å². The zero-order valence-corrected chi connectivity index (χ0v) is 20.8. The molecule has 3 aromatic rings. The van der Waals surface area contributed by atoms with Gasteiger partial charge in [0.05, 0.1) is 16.8 Å². The largest absolute Gasteiger partial charge is 0.427 e. The van der Waals surface area contributed by atoms with Crippen molar-refractivity contribution in [3.05, 3.63) is 88.4 Å². The van der Waals surface area contributed by atoms with Crippen molar-refractivity contribution in [2.24, 2.45) is 5.10 Å². The number of nitrogens with one attached hydrogen (secondary N) is 1. The van der Waals surface area contributed by atoms with Crippen molar-refractivity contribution in [1.82, 2.24) is 5.43 Å². The zero-order valence-electron chi connectivity index (χ0n) is 18.4. The zero-order chi connectivity index (χ0) is 24.7. The van der Waals surface area contributed by atoms with Crippen molar-refractivity contribution in [1.29, 1.82) is 0 Å². The van der Waals surface area contributed by atoms with Gasteiger partial charge in [0.25, 0.3) is 15.9 Å². The summed E-state index contributed by atoms with van der Waals surface area (Å²) in [5.41, 5.74) is 4.24. The van der Waals surface area contributed by atoms with E-state index in [2.05, 4.69) is 26.5 Å². The van der Waals surface area contributed by atoms with Gasteiger partial charge in [-0.2, -0.15) is 5.10 Å². The molecule has 176 valence electrons. The van der Waals surface area contributed by atoms with Gasteiger partial charge < -0.3 is 4.74 Å². The highest BCUT2D eigenvalue weighted by Crippen LogP contribution is 2.26. The lowest BCUT2D eigenvalue weighted by molar-refractivity contribution is -0.131. The molecule has 34 heavy (non-hydrogen) atoms. The van der Waals surface area contributed by atoms with E-state index in [4.69, 9.17) is 4.74 Å². The number of aryl methyl sites for hydroxylation is 1. The number of amides is 1. The summed E-state index contributed by atoms with van der Waals surface area (Å²) in [6, 6.07) is 19.6. The van der Waals surface area contributed by atoms with Gasteiger partial charge in [0, 0.05) is 11.4 Å². The van der Waals surface area contributed by atoms with Gasteiger partial charge in [0.2, 0.25) is 0 Å². The van der Waals surface area contributed by atoms with Crippen LogP contribution in [-0.4, -0.2) is 33.1 Å². The van der Waals surface area contributed by atoms with Gasteiger partial charge in [-0.05, 0) is 67.1 Å². The summed E-state index contributed by atoms with van der Waals surface area (Å²) in [7, 11) is -4.02. The molecule has 3 aromatic carbocycles. The van der Waals surface area contributed by atoms with Crippen LogP contribution in [0.25, 0.3) is 0 Å². The third-order valence-corrected chi connectivity index (χ3v) is 6.82. The Labute approximate surface area is 206 Å². The highest BCUT2D eigenvalue weighted by Gasteiger charge is 2.27. The second-order valence-corrected chi connectivity index (χ2v) is 10.0. The summed E-state index contributed by atoms with van der Waals surface area (Å²) >= 11 is 3.34. The third-order valence-electron chi connectivity index (χ3n) is 4.54. The number of ether oxygens (including phenoxy) is 1. The molecule has 3 rings (SSSR count). The van der Waals surface area contributed by atoms with Crippen molar-refractivity contribution < 1.29 is 22.7 Å². The lowest BCUT2D eigenvalue weighted by Gasteiger charge is -2.24. The molecule has 0 aliphatic heterocycles. The number of hydrazone groups is 1. The van der Waals surface area contributed by atoms with Gasteiger partial charge in [-0.25, -0.2) is 13.8 Å². The van der Waals surface area contributed by atoms with Crippen LogP contribution in [0.5, 0.6) is 5.75 Å². The van der Waals surface area contributed by atoms with Crippen LogP contribution in [0.2, 0.25) is 0 Å². The molecule has 8 nitrogen and oxygen atoms in total. The van der Waals surface area contributed by atoms with Crippen LogP contribution in [0, 0.1) is 6.92 Å². The van der Waals surface area contributed by atoms with E-state index in [0.717, 1.165) is 9.87 Å². The topological polar surface area (TPSA) is 105 Å². The number of anilines is 1. The van der Waals surface area contributed by atoms with Gasteiger partial charge in [0.1, 0.15) is 12.3 Å². The van der Waals surface area contributed by atoms with Crippen molar-refractivity contribution in [2.75, 3.05) is 10.8 Å². The first-order valence-corrected chi connectivity index (χ1v) is 12.3. The fraction of sp³-hybridized carbons (Fsp3) is 0.125. The molecule has 0 aromatic heterocycles. The first kappa shape index (κ1) is 25.1. The van der Waals surface area contributed by atoms with Crippen molar-refractivity contribution in [3.63, 3.8) is 0 Å². The van der Waals surface area contributed by atoms with E-state index in [-0.39, 0.29) is 4.90 Å². The number of carbonyl (C=O) groups is 2. The molecule has 0 unspecified atom stereocenters. The summed E-state index contributed by atoms with van der Waals surface area (Å²) < 4.78 is 33.4. The second-order valence-electron chi connectivity index (χ2n) is 7.26. The molecule has 1 amide bonds. The number of hydrogen-bond donors (Lipinski definition) is 1. The van der Waals surface area contributed by atoms with E-state index < -0.39 is 28.4 Å². The Bertz CT molecular complexity index is 1310. The van der Waals surface area contributed by atoms with E-state index in [0.29, 0.717) is 21.5 Å². The Morgan fingerprint density at radius 1 is 1.06 bits per heavy atom. The van der Waals surface area contributed by atoms with Crippen molar-refractivity contribution >= 4 is 49.7 Å². The van der Waals surface area contributed by atoms with E-state index in [1.807, 2.05) is 6.92 Å². The fourth-order valence-corrected chi connectivity index (χ4v) is 4.72. The number of rotatable bonds is 8. The number of sulfonamides is 1. The van der Waals surface area contributed by atoms with Crippen LogP contribution < -0.4 is 14.5 Å². The minimum absolute atomic E-state index is 0.0715. The quantitative estimate of drug-likeness (QED) is 0.200. The molecule has 0 saturated heterocycles. The van der Waals surface area contributed by atoms with E-state index >= 15 is 0 Å². The van der Waals surface area contributed by atoms with Gasteiger partial charge in [-0.1, -0.05) is 39.7 Å². The molecule has 0 aliphatic rings. The van der Waals surface area contributed by atoms with Crippen molar-refractivity contribution in [3.8, 4) is 5.75 Å². The highest BCUT2D eigenvalue weighted by molar-refractivity contribution is 9.10. The average molecular weight is 544 g/mol. The SMILES string of the molecule is CC(=O)Oc1ccc(/C=N\NC(=O)CN(c2cccc(Br)c2)S(=O)(=O)c2ccc(C)cc2)cc1. The maximum atomic E-state index is 13.4. The molecule has 10 heteroatoms. The fourth-order valence-electron chi connectivity index (χ4n) is 2.92. The van der Waals surface area contributed by atoms with Gasteiger partial charge in [0.15, 0.2) is 0 Å². The summed E-state index contributed by atoms with van der Waals surface area (Å²) in [4.78, 5) is 23.7. The van der Waals surface area contributed by atoms with Crippen LogP contribution in [0.1, 0.15) is 18.1 Å². The molecule has 0 radical (unpaired) electrons. The van der Waals surface area contributed by atoms with Crippen LogP contribution in [-0.2, 0) is 19.6 Å². The van der Waals surface area contributed by atoms with Crippen LogP contribution in [0.3, 0.4) is 0 Å².